The van der Waals surface area contributed by atoms with Crippen molar-refractivity contribution in [2.45, 2.75) is 46.6 Å². The minimum absolute atomic E-state index is 0.0872. The van der Waals surface area contributed by atoms with Gasteiger partial charge in [-0.3, -0.25) is 0 Å². The second kappa shape index (κ2) is 6.53. The second-order valence-electron chi connectivity index (χ2n) is 5.79. The van der Waals surface area contributed by atoms with E-state index in [1.165, 1.54) is 0 Å². The van der Waals surface area contributed by atoms with Gasteiger partial charge in [0.25, 0.3) is 0 Å². The molecule has 102 valence electrons. The van der Waals surface area contributed by atoms with Crippen LogP contribution in [0.5, 0.6) is 0 Å². The van der Waals surface area contributed by atoms with Gasteiger partial charge in [0.05, 0.1) is 5.02 Å². The summed E-state index contributed by atoms with van der Waals surface area (Å²) >= 11 is 5.82. The number of nitrogens with one attached hydrogen (secondary N) is 1. The van der Waals surface area contributed by atoms with Gasteiger partial charge in [0, 0.05) is 6.04 Å². The standard InChI is InChI=1S/C15H23ClFN/c1-5-9-18-13(15(2,3)4)10-11-7-6-8-12(16)14(11)17/h6-8,13,18H,5,9-10H2,1-4H3. The Bertz CT molecular complexity index is 385. The number of rotatable bonds is 5. The molecule has 0 heterocycles. The van der Waals surface area contributed by atoms with E-state index >= 15 is 0 Å². The highest BCUT2D eigenvalue weighted by Crippen LogP contribution is 2.25. The van der Waals surface area contributed by atoms with Gasteiger partial charge in [0.15, 0.2) is 0 Å². The highest BCUT2D eigenvalue weighted by molar-refractivity contribution is 6.30. The average Bonchev–Trinajstić information content (AvgIpc) is 2.28. The van der Waals surface area contributed by atoms with Gasteiger partial charge >= 0.3 is 0 Å². The van der Waals surface area contributed by atoms with Gasteiger partial charge < -0.3 is 5.32 Å². The van der Waals surface area contributed by atoms with Crippen LogP contribution in [0.1, 0.15) is 39.7 Å². The molecule has 0 aliphatic rings. The predicted molar refractivity (Wildman–Crippen MR) is 76.7 cm³/mol. The molecule has 1 aromatic rings. The molecule has 0 bridgehead atoms. The Balaban J connectivity index is 2.86. The molecule has 1 rings (SSSR count). The fourth-order valence-corrected chi connectivity index (χ4v) is 2.12. The lowest BCUT2D eigenvalue weighted by Gasteiger charge is -2.32. The molecule has 0 fully saturated rings. The molecule has 0 aliphatic heterocycles. The lowest BCUT2D eigenvalue weighted by Crippen LogP contribution is -2.42. The maximum Gasteiger partial charge on any atom is 0.145 e. The quantitative estimate of drug-likeness (QED) is 0.835. The molecule has 0 saturated heterocycles. The van der Waals surface area contributed by atoms with Crippen LogP contribution in [0.3, 0.4) is 0 Å². The van der Waals surface area contributed by atoms with Gasteiger partial charge in [0.1, 0.15) is 5.82 Å². The first-order valence-electron chi connectivity index (χ1n) is 6.52. The van der Waals surface area contributed by atoms with Crippen molar-refractivity contribution >= 4 is 11.6 Å². The zero-order valence-electron chi connectivity index (χ0n) is 11.7. The van der Waals surface area contributed by atoms with Crippen LogP contribution in [-0.4, -0.2) is 12.6 Å². The Hall–Kier alpha value is -0.600. The minimum Gasteiger partial charge on any atom is -0.313 e. The first-order valence-corrected chi connectivity index (χ1v) is 6.90. The first-order chi connectivity index (χ1) is 8.36. The third-order valence-corrected chi connectivity index (χ3v) is 3.43. The zero-order chi connectivity index (χ0) is 13.8. The van der Waals surface area contributed by atoms with Crippen LogP contribution in [0.15, 0.2) is 18.2 Å². The van der Waals surface area contributed by atoms with E-state index in [-0.39, 0.29) is 22.3 Å². The largest absolute Gasteiger partial charge is 0.313 e. The molecule has 3 heteroatoms. The molecular weight excluding hydrogens is 249 g/mol. The molecule has 1 unspecified atom stereocenters. The molecule has 0 aliphatic carbocycles. The fraction of sp³-hybridized carbons (Fsp3) is 0.600. The van der Waals surface area contributed by atoms with Gasteiger partial charge in [0.2, 0.25) is 0 Å². The van der Waals surface area contributed by atoms with E-state index < -0.39 is 0 Å². The summed E-state index contributed by atoms with van der Waals surface area (Å²) in [7, 11) is 0. The van der Waals surface area contributed by atoms with E-state index in [1.54, 1.807) is 12.1 Å². The van der Waals surface area contributed by atoms with Crippen LogP contribution in [0.2, 0.25) is 5.02 Å². The fourth-order valence-electron chi connectivity index (χ4n) is 1.93. The Labute approximate surface area is 115 Å². The van der Waals surface area contributed by atoms with Gasteiger partial charge in [-0.05, 0) is 36.4 Å². The number of hydrogen-bond donors (Lipinski definition) is 1. The van der Waals surface area contributed by atoms with E-state index in [0.29, 0.717) is 12.0 Å². The molecule has 1 aromatic carbocycles. The number of benzene rings is 1. The van der Waals surface area contributed by atoms with E-state index in [1.807, 2.05) is 6.07 Å². The predicted octanol–water partition coefficient (Wildman–Crippen LogP) is 4.44. The summed E-state index contributed by atoms with van der Waals surface area (Å²) in [5.74, 6) is -0.285. The molecule has 1 nitrogen and oxygen atoms in total. The van der Waals surface area contributed by atoms with Gasteiger partial charge in [-0.25, -0.2) is 4.39 Å². The van der Waals surface area contributed by atoms with Crippen molar-refractivity contribution in [3.63, 3.8) is 0 Å². The molecule has 0 amide bonds. The van der Waals surface area contributed by atoms with Crippen molar-refractivity contribution in [3.8, 4) is 0 Å². The topological polar surface area (TPSA) is 12.0 Å². The van der Waals surface area contributed by atoms with Crippen LogP contribution < -0.4 is 5.32 Å². The van der Waals surface area contributed by atoms with Crippen LogP contribution in [0.4, 0.5) is 4.39 Å². The zero-order valence-corrected chi connectivity index (χ0v) is 12.4. The molecule has 1 N–H and O–H groups in total. The van der Waals surface area contributed by atoms with E-state index in [4.69, 9.17) is 11.6 Å². The third kappa shape index (κ3) is 4.25. The summed E-state index contributed by atoms with van der Waals surface area (Å²) in [6, 6.07) is 5.45. The average molecular weight is 272 g/mol. The Morgan fingerprint density at radius 3 is 2.56 bits per heavy atom. The summed E-state index contributed by atoms with van der Waals surface area (Å²) < 4.78 is 13.9. The van der Waals surface area contributed by atoms with Crippen molar-refractivity contribution in [1.82, 2.24) is 5.32 Å². The molecule has 0 spiro atoms. The lowest BCUT2D eigenvalue weighted by molar-refractivity contribution is 0.265. The van der Waals surface area contributed by atoms with Crippen molar-refractivity contribution < 1.29 is 4.39 Å². The van der Waals surface area contributed by atoms with Crippen molar-refractivity contribution in [2.24, 2.45) is 5.41 Å². The molecule has 18 heavy (non-hydrogen) atoms. The smallest absolute Gasteiger partial charge is 0.145 e. The number of halogens is 2. The summed E-state index contributed by atoms with van der Waals surface area (Å²) in [4.78, 5) is 0. The number of hydrogen-bond acceptors (Lipinski definition) is 1. The molecule has 0 saturated carbocycles. The van der Waals surface area contributed by atoms with Gasteiger partial charge in [-0.15, -0.1) is 0 Å². The molecular formula is C15H23ClFN. The van der Waals surface area contributed by atoms with Gasteiger partial charge in [-0.1, -0.05) is 51.4 Å². The summed E-state index contributed by atoms with van der Waals surface area (Å²) in [6.45, 7) is 9.59. The third-order valence-electron chi connectivity index (χ3n) is 3.14. The first kappa shape index (κ1) is 15.5. The Morgan fingerprint density at radius 1 is 1.33 bits per heavy atom. The van der Waals surface area contributed by atoms with Crippen LogP contribution in [-0.2, 0) is 6.42 Å². The Kier molecular flexibility index (Phi) is 5.61. The maximum atomic E-state index is 13.9. The second-order valence-corrected chi connectivity index (χ2v) is 6.20. The van der Waals surface area contributed by atoms with Gasteiger partial charge in [-0.2, -0.15) is 0 Å². The van der Waals surface area contributed by atoms with E-state index in [9.17, 15) is 4.39 Å². The Morgan fingerprint density at radius 2 is 2.00 bits per heavy atom. The summed E-state index contributed by atoms with van der Waals surface area (Å²) in [6.07, 6.45) is 1.74. The van der Waals surface area contributed by atoms with Crippen molar-refractivity contribution in [2.75, 3.05) is 6.54 Å². The van der Waals surface area contributed by atoms with Crippen molar-refractivity contribution in [3.05, 3.63) is 34.6 Å². The van der Waals surface area contributed by atoms with Crippen LogP contribution in [0, 0.1) is 11.2 Å². The summed E-state index contributed by atoms with van der Waals surface area (Å²) in [5, 5.41) is 3.70. The maximum absolute atomic E-state index is 13.9. The summed E-state index contributed by atoms with van der Waals surface area (Å²) in [5.41, 5.74) is 0.773. The molecule has 1 atom stereocenters. The monoisotopic (exact) mass is 271 g/mol. The van der Waals surface area contributed by atoms with Crippen LogP contribution in [0.25, 0.3) is 0 Å². The lowest BCUT2D eigenvalue weighted by atomic mass is 9.83. The highest BCUT2D eigenvalue weighted by Gasteiger charge is 2.25. The van der Waals surface area contributed by atoms with E-state index in [0.717, 1.165) is 13.0 Å². The normalized spacial score (nSPS) is 13.7. The SMILES string of the molecule is CCCNC(Cc1cccc(Cl)c1F)C(C)(C)C. The minimum atomic E-state index is -0.285. The van der Waals surface area contributed by atoms with Crippen molar-refractivity contribution in [1.29, 1.82) is 0 Å². The van der Waals surface area contributed by atoms with Crippen LogP contribution >= 0.6 is 11.6 Å². The molecule has 0 aromatic heterocycles. The highest BCUT2D eigenvalue weighted by atomic mass is 35.5. The van der Waals surface area contributed by atoms with E-state index in [2.05, 4.69) is 33.0 Å². The molecule has 0 radical (unpaired) electrons.